The molecule has 0 spiro atoms. The van der Waals surface area contributed by atoms with Crippen LogP contribution in [0.2, 0.25) is 5.02 Å². The van der Waals surface area contributed by atoms with Gasteiger partial charge in [0.15, 0.2) is 0 Å². The SMILES string of the molecule is CNc1nc(NCc2ccccc2Cl)cc(-c2cccnc2)n1. The fourth-order valence-electron chi connectivity index (χ4n) is 2.14. The predicted octanol–water partition coefficient (Wildman–Crippen LogP) is 3.85. The number of hydrogen-bond donors (Lipinski definition) is 2. The highest BCUT2D eigenvalue weighted by atomic mass is 35.5. The number of hydrogen-bond acceptors (Lipinski definition) is 5. The van der Waals surface area contributed by atoms with Crippen LogP contribution in [0.5, 0.6) is 0 Å². The van der Waals surface area contributed by atoms with E-state index in [1.54, 1.807) is 19.4 Å². The first-order valence-corrected chi connectivity index (χ1v) is 7.58. The Kier molecular flexibility index (Phi) is 4.68. The molecule has 2 N–H and O–H groups in total. The first kappa shape index (κ1) is 15.2. The minimum absolute atomic E-state index is 0.549. The molecule has 0 radical (unpaired) electrons. The average molecular weight is 326 g/mol. The molecule has 0 saturated carbocycles. The minimum atomic E-state index is 0.549. The van der Waals surface area contributed by atoms with Crippen molar-refractivity contribution in [3.8, 4) is 11.3 Å². The quantitative estimate of drug-likeness (QED) is 0.746. The Bertz CT molecular complexity index is 792. The smallest absolute Gasteiger partial charge is 0.224 e. The van der Waals surface area contributed by atoms with Crippen LogP contribution in [0.15, 0.2) is 54.9 Å². The van der Waals surface area contributed by atoms with Gasteiger partial charge in [-0.15, -0.1) is 0 Å². The number of nitrogens with one attached hydrogen (secondary N) is 2. The molecule has 0 aliphatic carbocycles. The molecule has 0 aliphatic rings. The Morgan fingerprint density at radius 2 is 1.96 bits per heavy atom. The summed E-state index contributed by atoms with van der Waals surface area (Å²) in [4.78, 5) is 13.0. The van der Waals surface area contributed by atoms with E-state index in [0.717, 1.165) is 27.7 Å². The summed E-state index contributed by atoms with van der Waals surface area (Å²) in [5.74, 6) is 1.27. The monoisotopic (exact) mass is 325 g/mol. The summed E-state index contributed by atoms with van der Waals surface area (Å²) in [7, 11) is 1.79. The maximum atomic E-state index is 6.18. The topological polar surface area (TPSA) is 62.7 Å². The summed E-state index contributed by atoms with van der Waals surface area (Å²) in [6, 6.07) is 13.5. The third kappa shape index (κ3) is 3.76. The molecule has 1 aromatic carbocycles. The van der Waals surface area contributed by atoms with E-state index in [4.69, 9.17) is 11.6 Å². The second kappa shape index (κ2) is 7.07. The summed E-state index contributed by atoms with van der Waals surface area (Å²) in [6.07, 6.45) is 3.51. The van der Waals surface area contributed by atoms with Crippen LogP contribution in [0, 0.1) is 0 Å². The van der Waals surface area contributed by atoms with Gasteiger partial charge in [-0.3, -0.25) is 4.98 Å². The van der Waals surface area contributed by atoms with Gasteiger partial charge in [0, 0.05) is 42.6 Å². The molecule has 0 amide bonds. The summed E-state index contributed by atoms with van der Waals surface area (Å²) < 4.78 is 0. The van der Waals surface area contributed by atoms with Crippen molar-refractivity contribution >= 4 is 23.4 Å². The van der Waals surface area contributed by atoms with Crippen LogP contribution in [-0.4, -0.2) is 22.0 Å². The second-order valence-electron chi connectivity index (χ2n) is 4.90. The van der Waals surface area contributed by atoms with Crippen LogP contribution in [0.1, 0.15) is 5.56 Å². The summed E-state index contributed by atoms with van der Waals surface area (Å²) >= 11 is 6.18. The van der Waals surface area contributed by atoms with Crippen LogP contribution in [0.25, 0.3) is 11.3 Å². The maximum Gasteiger partial charge on any atom is 0.224 e. The lowest BCUT2D eigenvalue weighted by atomic mass is 10.2. The molecule has 3 rings (SSSR count). The zero-order valence-corrected chi connectivity index (χ0v) is 13.4. The zero-order valence-electron chi connectivity index (χ0n) is 12.6. The molecular formula is C17H16ClN5. The molecular weight excluding hydrogens is 310 g/mol. The number of pyridine rings is 1. The highest BCUT2D eigenvalue weighted by Gasteiger charge is 2.07. The van der Waals surface area contributed by atoms with Crippen molar-refractivity contribution in [1.82, 2.24) is 15.0 Å². The predicted molar refractivity (Wildman–Crippen MR) is 93.6 cm³/mol. The molecule has 2 heterocycles. The minimum Gasteiger partial charge on any atom is -0.366 e. The van der Waals surface area contributed by atoms with Gasteiger partial charge in [0.25, 0.3) is 0 Å². The number of nitrogens with zero attached hydrogens (tertiary/aromatic N) is 3. The lowest BCUT2D eigenvalue weighted by Crippen LogP contribution is -2.05. The molecule has 0 aliphatic heterocycles. The lowest BCUT2D eigenvalue weighted by Gasteiger charge is -2.10. The van der Waals surface area contributed by atoms with Crippen LogP contribution in [-0.2, 0) is 6.54 Å². The first-order valence-electron chi connectivity index (χ1n) is 7.21. The van der Waals surface area contributed by atoms with Crippen molar-refractivity contribution in [2.75, 3.05) is 17.7 Å². The molecule has 3 aromatic rings. The van der Waals surface area contributed by atoms with Crippen molar-refractivity contribution in [2.45, 2.75) is 6.54 Å². The summed E-state index contributed by atoms with van der Waals surface area (Å²) in [5, 5.41) is 7.00. The van der Waals surface area contributed by atoms with E-state index in [9.17, 15) is 0 Å². The molecule has 2 aromatic heterocycles. The Morgan fingerprint density at radius 1 is 1.09 bits per heavy atom. The second-order valence-corrected chi connectivity index (χ2v) is 5.31. The molecule has 5 nitrogen and oxygen atoms in total. The van der Waals surface area contributed by atoms with Gasteiger partial charge in [-0.2, -0.15) is 4.98 Å². The van der Waals surface area contributed by atoms with Gasteiger partial charge >= 0.3 is 0 Å². The number of benzene rings is 1. The molecule has 0 atom stereocenters. The van der Waals surface area contributed by atoms with Crippen molar-refractivity contribution in [2.24, 2.45) is 0 Å². The van der Waals surface area contributed by atoms with Crippen LogP contribution < -0.4 is 10.6 Å². The van der Waals surface area contributed by atoms with Gasteiger partial charge < -0.3 is 10.6 Å². The number of halogens is 1. The highest BCUT2D eigenvalue weighted by Crippen LogP contribution is 2.22. The molecule has 23 heavy (non-hydrogen) atoms. The molecule has 116 valence electrons. The van der Waals surface area contributed by atoms with E-state index in [1.165, 1.54) is 0 Å². The Balaban J connectivity index is 1.86. The Hall–Kier alpha value is -2.66. The van der Waals surface area contributed by atoms with E-state index in [0.29, 0.717) is 12.5 Å². The third-order valence-corrected chi connectivity index (χ3v) is 3.69. The van der Waals surface area contributed by atoms with Crippen LogP contribution >= 0.6 is 11.6 Å². The summed E-state index contributed by atoms with van der Waals surface area (Å²) in [5.41, 5.74) is 2.76. The zero-order chi connectivity index (χ0) is 16.1. The van der Waals surface area contributed by atoms with Gasteiger partial charge in [0.1, 0.15) is 5.82 Å². The summed E-state index contributed by atoms with van der Waals surface area (Å²) in [6.45, 7) is 0.590. The highest BCUT2D eigenvalue weighted by molar-refractivity contribution is 6.31. The van der Waals surface area contributed by atoms with Crippen LogP contribution in [0.3, 0.4) is 0 Å². The third-order valence-electron chi connectivity index (χ3n) is 3.32. The largest absolute Gasteiger partial charge is 0.366 e. The van der Waals surface area contributed by atoms with Gasteiger partial charge in [-0.25, -0.2) is 4.98 Å². The van der Waals surface area contributed by atoms with Crippen molar-refractivity contribution in [3.05, 3.63) is 65.4 Å². The fourth-order valence-corrected chi connectivity index (χ4v) is 2.34. The standard InChI is InChI=1S/C17H16ClN5/c1-19-17-22-15(13-6-4-8-20-10-13)9-16(23-17)21-11-12-5-2-3-7-14(12)18/h2-10H,11H2,1H3,(H2,19,21,22,23). The van der Waals surface area contributed by atoms with Crippen molar-refractivity contribution < 1.29 is 0 Å². The molecule has 0 unspecified atom stereocenters. The molecule has 0 saturated heterocycles. The Labute approximate surface area is 139 Å². The lowest BCUT2D eigenvalue weighted by molar-refractivity contribution is 1.08. The van der Waals surface area contributed by atoms with Gasteiger partial charge in [0.05, 0.1) is 5.69 Å². The number of rotatable bonds is 5. The van der Waals surface area contributed by atoms with E-state index in [1.807, 2.05) is 42.5 Å². The molecule has 0 bridgehead atoms. The van der Waals surface area contributed by atoms with Gasteiger partial charge in [-0.1, -0.05) is 29.8 Å². The number of aromatic nitrogens is 3. The maximum absolute atomic E-state index is 6.18. The van der Waals surface area contributed by atoms with Crippen LogP contribution in [0.4, 0.5) is 11.8 Å². The first-order chi connectivity index (χ1) is 11.3. The van der Waals surface area contributed by atoms with E-state index >= 15 is 0 Å². The van der Waals surface area contributed by atoms with Gasteiger partial charge in [0.2, 0.25) is 5.95 Å². The molecule has 0 fully saturated rings. The van der Waals surface area contributed by atoms with E-state index < -0.39 is 0 Å². The Morgan fingerprint density at radius 3 is 2.70 bits per heavy atom. The van der Waals surface area contributed by atoms with Crippen molar-refractivity contribution in [1.29, 1.82) is 0 Å². The number of anilines is 2. The molecule has 6 heteroatoms. The fraction of sp³-hybridized carbons (Fsp3) is 0.118. The van der Waals surface area contributed by atoms with E-state index in [-0.39, 0.29) is 0 Å². The normalized spacial score (nSPS) is 10.3. The average Bonchev–Trinajstić information content (AvgIpc) is 2.61. The van der Waals surface area contributed by atoms with E-state index in [2.05, 4.69) is 25.6 Å². The van der Waals surface area contributed by atoms with Crippen molar-refractivity contribution in [3.63, 3.8) is 0 Å². The van der Waals surface area contributed by atoms with Gasteiger partial charge in [-0.05, 0) is 23.8 Å².